The predicted molar refractivity (Wildman–Crippen MR) is 91.8 cm³/mol. The molecule has 0 aromatic heterocycles. The number of nitrogens with zero attached hydrogens (tertiary/aromatic N) is 2. The standard InChI is InChI=1S/C16H18F2N2O6S/c17-12-7-10(1-2-14(12)19-5-3-15(21)13(18)9-19)20-8-11(26-16(20)22)4-6-27(23,24)25/h1-2,7,11,13H,3-6,8-9H2,(H,23,24,25)/t11-,13?/m1/s1. The van der Waals surface area contributed by atoms with Crippen LogP contribution in [0, 0.1) is 5.82 Å². The van der Waals surface area contributed by atoms with Gasteiger partial charge in [0.1, 0.15) is 11.9 Å². The number of hydrogen-bond donors (Lipinski definition) is 1. The third kappa shape index (κ3) is 4.53. The highest BCUT2D eigenvalue weighted by molar-refractivity contribution is 7.85. The van der Waals surface area contributed by atoms with E-state index in [4.69, 9.17) is 9.29 Å². The number of carbonyl (C=O) groups excluding carboxylic acids is 2. The van der Waals surface area contributed by atoms with Crippen LogP contribution in [0.1, 0.15) is 12.8 Å². The molecule has 1 unspecified atom stereocenters. The van der Waals surface area contributed by atoms with E-state index in [2.05, 4.69) is 0 Å². The third-order valence-corrected chi connectivity index (χ3v) is 5.27. The number of piperidine rings is 1. The van der Waals surface area contributed by atoms with Gasteiger partial charge in [-0.15, -0.1) is 0 Å². The molecule has 27 heavy (non-hydrogen) atoms. The first-order valence-corrected chi connectivity index (χ1v) is 9.89. The second kappa shape index (κ2) is 7.39. The molecule has 8 nitrogen and oxygen atoms in total. The minimum Gasteiger partial charge on any atom is -0.444 e. The molecular weight excluding hydrogens is 386 g/mol. The Bertz CT molecular complexity index is 862. The van der Waals surface area contributed by atoms with E-state index in [9.17, 15) is 26.8 Å². The highest BCUT2D eigenvalue weighted by Crippen LogP contribution is 2.30. The quantitative estimate of drug-likeness (QED) is 0.743. The molecule has 11 heteroatoms. The van der Waals surface area contributed by atoms with Crippen molar-refractivity contribution in [3.05, 3.63) is 24.0 Å². The average molecular weight is 404 g/mol. The van der Waals surface area contributed by atoms with Gasteiger partial charge in [-0.2, -0.15) is 8.42 Å². The summed E-state index contributed by atoms with van der Waals surface area (Å²) < 4.78 is 63.5. The minimum atomic E-state index is -4.17. The molecule has 2 heterocycles. The van der Waals surface area contributed by atoms with Crippen molar-refractivity contribution in [3.8, 4) is 0 Å². The Balaban J connectivity index is 1.70. The summed E-state index contributed by atoms with van der Waals surface area (Å²) in [5.41, 5.74) is 0.338. The highest BCUT2D eigenvalue weighted by Gasteiger charge is 2.34. The zero-order valence-corrected chi connectivity index (χ0v) is 15.0. The molecule has 0 saturated carbocycles. The molecule has 1 amide bonds. The zero-order chi connectivity index (χ0) is 19.8. The Hall–Kier alpha value is -2.27. The van der Waals surface area contributed by atoms with Gasteiger partial charge in [-0.3, -0.25) is 14.2 Å². The summed E-state index contributed by atoms with van der Waals surface area (Å²) >= 11 is 0. The molecule has 2 aliphatic rings. The normalized spacial score (nSPS) is 23.7. The van der Waals surface area contributed by atoms with Crippen LogP contribution in [-0.2, 0) is 19.6 Å². The predicted octanol–water partition coefficient (Wildman–Crippen LogP) is 1.55. The van der Waals surface area contributed by atoms with Gasteiger partial charge in [0, 0.05) is 19.4 Å². The second-order valence-electron chi connectivity index (χ2n) is 6.46. The van der Waals surface area contributed by atoms with E-state index in [0.29, 0.717) is 0 Å². The summed E-state index contributed by atoms with van der Waals surface area (Å²) in [4.78, 5) is 25.8. The molecule has 0 bridgehead atoms. The van der Waals surface area contributed by atoms with Gasteiger partial charge in [-0.1, -0.05) is 0 Å². The van der Waals surface area contributed by atoms with E-state index in [0.717, 1.165) is 11.0 Å². The molecule has 2 saturated heterocycles. The number of anilines is 2. The van der Waals surface area contributed by atoms with Crippen molar-refractivity contribution in [1.29, 1.82) is 0 Å². The Morgan fingerprint density at radius 2 is 2.00 bits per heavy atom. The van der Waals surface area contributed by atoms with Gasteiger partial charge in [0.2, 0.25) is 0 Å². The van der Waals surface area contributed by atoms with Crippen molar-refractivity contribution in [2.45, 2.75) is 25.1 Å². The van der Waals surface area contributed by atoms with Crippen molar-refractivity contribution >= 4 is 33.4 Å². The molecule has 0 radical (unpaired) electrons. The summed E-state index contributed by atoms with van der Waals surface area (Å²) in [6.45, 7) is -0.00451. The molecule has 0 aliphatic carbocycles. The number of alkyl halides is 1. The van der Waals surface area contributed by atoms with Crippen LogP contribution in [0.5, 0.6) is 0 Å². The summed E-state index contributed by atoms with van der Waals surface area (Å²) in [5.74, 6) is -1.73. The van der Waals surface area contributed by atoms with Gasteiger partial charge in [0.05, 0.1) is 30.2 Å². The molecule has 148 valence electrons. The number of halogens is 2. The monoisotopic (exact) mass is 404 g/mol. The van der Waals surface area contributed by atoms with Crippen LogP contribution in [0.2, 0.25) is 0 Å². The van der Waals surface area contributed by atoms with Gasteiger partial charge in [-0.25, -0.2) is 13.6 Å². The van der Waals surface area contributed by atoms with Crippen molar-refractivity contribution in [2.24, 2.45) is 0 Å². The fraction of sp³-hybridized carbons (Fsp3) is 0.500. The summed E-state index contributed by atoms with van der Waals surface area (Å²) in [6, 6.07) is 3.96. The van der Waals surface area contributed by atoms with Crippen LogP contribution >= 0.6 is 0 Å². The number of amides is 1. The van der Waals surface area contributed by atoms with E-state index in [1.54, 1.807) is 0 Å². The number of carbonyl (C=O) groups is 2. The largest absolute Gasteiger partial charge is 0.444 e. The summed E-state index contributed by atoms with van der Waals surface area (Å²) in [5, 5.41) is 0. The van der Waals surface area contributed by atoms with Gasteiger partial charge in [-0.05, 0) is 18.2 Å². The molecule has 2 fully saturated rings. The van der Waals surface area contributed by atoms with Gasteiger partial charge >= 0.3 is 6.09 Å². The number of ether oxygens (including phenoxy) is 1. The summed E-state index contributed by atoms with van der Waals surface area (Å²) in [6.07, 6.45) is -3.25. The molecule has 1 aromatic carbocycles. The van der Waals surface area contributed by atoms with E-state index in [1.165, 1.54) is 17.0 Å². The maximum atomic E-state index is 14.5. The molecule has 3 rings (SSSR count). The zero-order valence-electron chi connectivity index (χ0n) is 14.2. The van der Waals surface area contributed by atoms with E-state index in [1.807, 2.05) is 0 Å². The Morgan fingerprint density at radius 1 is 1.26 bits per heavy atom. The molecule has 1 N–H and O–H groups in total. The maximum Gasteiger partial charge on any atom is 0.414 e. The smallest absolute Gasteiger partial charge is 0.414 e. The van der Waals surface area contributed by atoms with Crippen molar-refractivity contribution in [1.82, 2.24) is 0 Å². The van der Waals surface area contributed by atoms with E-state index < -0.39 is 45.8 Å². The molecule has 0 spiro atoms. The third-order valence-electron chi connectivity index (χ3n) is 4.51. The van der Waals surface area contributed by atoms with Crippen LogP contribution in [0.3, 0.4) is 0 Å². The lowest BCUT2D eigenvalue weighted by Crippen LogP contribution is -2.42. The van der Waals surface area contributed by atoms with Crippen LogP contribution < -0.4 is 9.80 Å². The van der Waals surface area contributed by atoms with Crippen molar-refractivity contribution in [3.63, 3.8) is 0 Å². The van der Waals surface area contributed by atoms with E-state index >= 15 is 0 Å². The first-order chi connectivity index (χ1) is 12.6. The second-order valence-corrected chi connectivity index (χ2v) is 8.03. The lowest BCUT2D eigenvalue weighted by molar-refractivity contribution is -0.124. The number of benzene rings is 1. The summed E-state index contributed by atoms with van der Waals surface area (Å²) in [7, 11) is -4.17. The fourth-order valence-electron chi connectivity index (χ4n) is 3.09. The highest BCUT2D eigenvalue weighted by atomic mass is 32.2. The number of hydrogen-bond acceptors (Lipinski definition) is 6. The van der Waals surface area contributed by atoms with Gasteiger partial charge in [0.25, 0.3) is 10.1 Å². The number of Topliss-reactive ketones (excluding diaryl/α,β-unsaturated/α-hetero) is 1. The van der Waals surface area contributed by atoms with Gasteiger partial charge < -0.3 is 9.64 Å². The Morgan fingerprint density at radius 3 is 2.63 bits per heavy atom. The van der Waals surface area contributed by atoms with E-state index in [-0.39, 0.29) is 43.9 Å². The topological polar surface area (TPSA) is 104 Å². The Labute approximate surface area is 154 Å². The first kappa shape index (κ1) is 19.5. The molecular formula is C16H18F2N2O6S. The Kier molecular flexibility index (Phi) is 5.33. The number of cyclic esters (lactones) is 1. The maximum absolute atomic E-state index is 14.5. The first-order valence-electron chi connectivity index (χ1n) is 8.28. The van der Waals surface area contributed by atoms with Crippen molar-refractivity contribution < 1.29 is 36.1 Å². The molecule has 1 aromatic rings. The molecule has 2 atom stereocenters. The number of rotatable bonds is 5. The average Bonchev–Trinajstić information content (AvgIpc) is 2.96. The SMILES string of the molecule is O=C1CCN(c2ccc(N3C[C@@H](CCS(=O)(=O)O)OC3=O)cc2F)CC1F. The lowest BCUT2D eigenvalue weighted by atomic mass is 10.1. The van der Waals surface area contributed by atoms with Crippen LogP contribution in [-0.4, -0.2) is 62.5 Å². The van der Waals surface area contributed by atoms with Crippen LogP contribution in [0.4, 0.5) is 25.0 Å². The van der Waals surface area contributed by atoms with Crippen LogP contribution in [0.25, 0.3) is 0 Å². The van der Waals surface area contributed by atoms with Crippen molar-refractivity contribution in [2.75, 3.05) is 35.2 Å². The van der Waals surface area contributed by atoms with Crippen LogP contribution in [0.15, 0.2) is 18.2 Å². The fourth-order valence-corrected chi connectivity index (χ4v) is 3.65. The minimum absolute atomic E-state index is 0.00372. The molecule has 2 aliphatic heterocycles. The number of ketones is 1. The lowest BCUT2D eigenvalue weighted by Gasteiger charge is -2.30. The van der Waals surface area contributed by atoms with Gasteiger partial charge in [0.15, 0.2) is 12.0 Å².